The Morgan fingerprint density at radius 2 is 2.29 bits per heavy atom. The van der Waals surface area contributed by atoms with Crippen LogP contribution in [0.5, 0.6) is 5.75 Å². The maximum atomic E-state index is 11.5. The molecule has 3 heteroatoms. The van der Waals surface area contributed by atoms with Crippen molar-refractivity contribution in [3.8, 4) is 5.75 Å². The Morgan fingerprint density at radius 1 is 1.50 bits per heavy atom. The van der Waals surface area contributed by atoms with Gasteiger partial charge in [0.25, 0.3) is 0 Å². The number of para-hydroxylation sites is 1. The van der Waals surface area contributed by atoms with E-state index in [9.17, 15) is 4.79 Å². The topological polar surface area (TPSA) is 38.3 Å². The van der Waals surface area contributed by atoms with Crippen molar-refractivity contribution in [2.75, 3.05) is 12.4 Å². The van der Waals surface area contributed by atoms with Gasteiger partial charge in [-0.15, -0.1) is 0 Å². The molecule has 1 aliphatic heterocycles. The number of anilines is 1. The second-order valence-electron chi connectivity index (χ2n) is 3.59. The molecule has 1 amide bonds. The van der Waals surface area contributed by atoms with Crippen LogP contribution in [-0.4, -0.2) is 13.0 Å². The average molecular weight is 191 g/mol. The molecule has 1 atom stereocenters. The first-order valence-corrected chi connectivity index (χ1v) is 4.69. The number of carbonyl (C=O) groups is 1. The quantitative estimate of drug-likeness (QED) is 0.735. The molecular weight excluding hydrogens is 178 g/mol. The Labute approximate surface area is 83.1 Å². The zero-order valence-corrected chi connectivity index (χ0v) is 8.33. The van der Waals surface area contributed by atoms with Crippen LogP contribution in [-0.2, 0) is 11.2 Å². The fraction of sp³-hybridized carbons (Fsp3) is 0.364. The number of hydrogen-bond acceptors (Lipinski definition) is 2. The summed E-state index contributed by atoms with van der Waals surface area (Å²) in [5, 5.41) is 2.87. The van der Waals surface area contributed by atoms with Crippen molar-refractivity contribution in [1.29, 1.82) is 0 Å². The van der Waals surface area contributed by atoms with Crippen molar-refractivity contribution in [3.63, 3.8) is 0 Å². The smallest absolute Gasteiger partial charge is 0.227 e. The summed E-state index contributed by atoms with van der Waals surface area (Å²) >= 11 is 0. The number of carbonyl (C=O) groups excluding carboxylic acids is 1. The molecule has 0 spiro atoms. The second kappa shape index (κ2) is 3.33. The number of benzene rings is 1. The molecule has 2 rings (SSSR count). The number of ether oxygens (including phenoxy) is 1. The van der Waals surface area contributed by atoms with Gasteiger partial charge in [-0.1, -0.05) is 19.1 Å². The number of fused-ring (bicyclic) bond motifs is 1. The van der Waals surface area contributed by atoms with Gasteiger partial charge in [-0.25, -0.2) is 0 Å². The van der Waals surface area contributed by atoms with Crippen LogP contribution in [0.1, 0.15) is 12.5 Å². The van der Waals surface area contributed by atoms with E-state index in [2.05, 4.69) is 5.32 Å². The molecule has 1 N–H and O–H groups in total. The number of nitrogens with one attached hydrogen (secondary N) is 1. The molecule has 1 aromatic rings. The van der Waals surface area contributed by atoms with Gasteiger partial charge in [0, 0.05) is 5.92 Å². The highest BCUT2D eigenvalue weighted by Crippen LogP contribution is 2.33. The minimum Gasteiger partial charge on any atom is -0.495 e. The summed E-state index contributed by atoms with van der Waals surface area (Å²) < 4.78 is 5.18. The molecule has 3 nitrogen and oxygen atoms in total. The predicted octanol–water partition coefficient (Wildman–Crippen LogP) is 1.83. The van der Waals surface area contributed by atoms with E-state index in [0.717, 1.165) is 23.4 Å². The molecule has 1 aromatic carbocycles. The van der Waals surface area contributed by atoms with Crippen molar-refractivity contribution in [3.05, 3.63) is 23.8 Å². The normalized spacial score (nSPS) is 19.9. The Morgan fingerprint density at radius 3 is 3.00 bits per heavy atom. The summed E-state index contributed by atoms with van der Waals surface area (Å²) in [5.74, 6) is 0.861. The lowest BCUT2D eigenvalue weighted by atomic mass is 9.94. The molecule has 0 radical (unpaired) electrons. The van der Waals surface area contributed by atoms with Gasteiger partial charge in [-0.05, 0) is 18.1 Å². The monoisotopic (exact) mass is 191 g/mol. The van der Waals surface area contributed by atoms with Crippen molar-refractivity contribution in [1.82, 2.24) is 0 Å². The molecule has 74 valence electrons. The predicted molar refractivity (Wildman–Crippen MR) is 54.5 cm³/mol. The summed E-state index contributed by atoms with van der Waals surface area (Å²) in [4.78, 5) is 11.5. The summed E-state index contributed by atoms with van der Waals surface area (Å²) in [6.45, 7) is 1.93. The van der Waals surface area contributed by atoms with Gasteiger partial charge in [0.05, 0.1) is 12.8 Å². The highest BCUT2D eigenvalue weighted by molar-refractivity contribution is 5.97. The third kappa shape index (κ3) is 1.35. The fourth-order valence-corrected chi connectivity index (χ4v) is 1.73. The number of hydrogen-bond donors (Lipinski definition) is 1. The van der Waals surface area contributed by atoms with Crippen LogP contribution < -0.4 is 10.1 Å². The van der Waals surface area contributed by atoms with Crippen molar-refractivity contribution in [2.24, 2.45) is 5.92 Å². The molecule has 1 heterocycles. The summed E-state index contributed by atoms with van der Waals surface area (Å²) in [7, 11) is 1.61. The first kappa shape index (κ1) is 9.06. The first-order chi connectivity index (χ1) is 6.72. The van der Waals surface area contributed by atoms with E-state index in [4.69, 9.17) is 4.74 Å². The summed E-state index contributed by atoms with van der Waals surface area (Å²) in [5.41, 5.74) is 1.98. The lowest BCUT2D eigenvalue weighted by Crippen LogP contribution is -2.27. The molecular formula is C11H13NO2. The van der Waals surface area contributed by atoms with E-state index in [1.165, 1.54) is 0 Å². The minimum absolute atomic E-state index is 0.0506. The molecule has 1 unspecified atom stereocenters. The zero-order chi connectivity index (χ0) is 10.1. The second-order valence-corrected chi connectivity index (χ2v) is 3.59. The van der Waals surface area contributed by atoms with Crippen LogP contribution in [0, 0.1) is 5.92 Å². The number of amides is 1. The third-order valence-corrected chi connectivity index (χ3v) is 2.55. The fourth-order valence-electron chi connectivity index (χ4n) is 1.73. The van der Waals surface area contributed by atoms with E-state index in [-0.39, 0.29) is 11.8 Å². The SMILES string of the molecule is COc1cccc2c1NC(=O)C(C)C2. The van der Waals surface area contributed by atoms with Crippen LogP contribution in [0.2, 0.25) is 0 Å². The van der Waals surface area contributed by atoms with Crippen LogP contribution >= 0.6 is 0 Å². The zero-order valence-electron chi connectivity index (χ0n) is 8.33. The largest absolute Gasteiger partial charge is 0.495 e. The van der Waals surface area contributed by atoms with Gasteiger partial charge in [0.15, 0.2) is 0 Å². The first-order valence-electron chi connectivity index (χ1n) is 4.69. The average Bonchev–Trinajstić information content (AvgIpc) is 2.19. The molecule has 14 heavy (non-hydrogen) atoms. The van der Waals surface area contributed by atoms with E-state index in [0.29, 0.717) is 0 Å². The van der Waals surface area contributed by atoms with Gasteiger partial charge >= 0.3 is 0 Å². The van der Waals surface area contributed by atoms with E-state index in [1.807, 2.05) is 25.1 Å². The van der Waals surface area contributed by atoms with E-state index < -0.39 is 0 Å². The summed E-state index contributed by atoms with van der Waals surface area (Å²) in [6, 6.07) is 5.82. The van der Waals surface area contributed by atoms with Crippen LogP contribution in [0.4, 0.5) is 5.69 Å². The molecule has 0 saturated carbocycles. The molecule has 1 aliphatic rings. The van der Waals surface area contributed by atoms with E-state index in [1.54, 1.807) is 7.11 Å². The van der Waals surface area contributed by atoms with Gasteiger partial charge in [-0.3, -0.25) is 4.79 Å². The summed E-state index contributed by atoms with van der Waals surface area (Å²) in [6.07, 6.45) is 0.790. The number of methoxy groups -OCH3 is 1. The molecule has 0 saturated heterocycles. The third-order valence-electron chi connectivity index (χ3n) is 2.55. The van der Waals surface area contributed by atoms with E-state index >= 15 is 0 Å². The number of rotatable bonds is 1. The van der Waals surface area contributed by atoms with Crippen molar-refractivity contribution in [2.45, 2.75) is 13.3 Å². The lowest BCUT2D eigenvalue weighted by molar-refractivity contribution is -0.119. The molecule has 0 aromatic heterocycles. The van der Waals surface area contributed by atoms with Gasteiger partial charge in [0.1, 0.15) is 5.75 Å². The Kier molecular flexibility index (Phi) is 2.15. The Hall–Kier alpha value is -1.51. The maximum Gasteiger partial charge on any atom is 0.227 e. The van der Waals surface area contributed by atoms with Gasteiger partial charge in [-0.2, -0.15) is 0 Å². The lowest BCUT2D eigenvalue weighted by Gasteiger charge is -2.23. The maximum absolute atomic E-state index is 11.5. The minimum atomic E-state index is 0.0506. The van der Waals surface area contributed by atoms with Crippen LogP contribution in [0.15, 0.2) is 18.2 Å². The standard InChI is InChI=1S/C11H13NO2/c1-7-6-8-4-3-5-9(14-2)10(8)12-11(7)13/h3-5,7H,6H2,1-2H3,(H,12,13). The molecule has 0 bridgehead atoms. The highest BCUT2D eigenvalue weighted by Gasteiger charge is 2.24. The Balaban J connectivity index is 2.46. The van der Waals surface area contributed by atoms with Gasteiger partial charge in [0.2, 0.25) is 5.91 Å². The van der Waals surface area contributed by atoms with Crippen LogP contribution in [0.3, 0.4) is 0 Å². The van der Waals surface area contributed by atoms with Crippen molar-refractivity contribution >= 4 is 11.6 Å². The van der Waals surface area contributed by atoms with Crippen LogP contribution in [0.25, 0.3) is 0 Å². The van der Waals surface area contributed by atoms with Gasteiger partial charge < -0.3 is 10.1 Å². The highest BCUT2D eigenvalue weighted by atomic mass is 16.5. The van der Waals surface area contributed by atoms with Crippen molar-refractivity contribution < 1.29 is 9.53 Å². The Bertz CT molecular complexity index is 374. The molecule has 0 aliphatic carbocycles. The molecule has 0 fully saturated rings.